The van der Waals surface area contributed by atoms with Gasteiger partial charge in [0.2, 0.25) is 0 Å². The van der Waals surface area contributed by atoms with Crippen molar-refractivity contribution >= 4 is 23.0 Å². The van der Waals surface area contributed by atoms with Gasteiger partial charge in [-0.25, -0.2) is 0 Å². The van der Waals surface area contributed by atoms with Crippen LogP contribution >= 0.6 is 12.2 Å². The number of hydrazone groups is 1. The van der Waals surface area contributed by atoms with Gasteiger partial charge in [0.1, 0.15) is 0 Å². The summed E-state index contributed by atoms with van der Waals surface area (Å²) in [5.41, 5.74) is 8.98. The summed E-state index contributed by atoms with van der Waals surface area (Å²) in [4.78, 5) is 0. The van der Waals surface area contributed by atoms with Gasteiger partial charge in [0.15, 0.2) is 5.11 Å². The van der Waals surface area contributed by atoms with E-state index in [4.69, 9.17) is 5.73 Å². The average Bonchev–Trinajstić information content (AvgIpc) is 2.30. The van der Waals surface area contributed by atoms with E-state index in [9.17, 15) is 0 Å². The van der Waals surface area contributed by atoms with E-state index < -0.39 is 0 Å². The van der Waals surface area contributed by atoms with Crippen molar-refractivity contribution in [2.24, 2.45) is 10.8 Å². The fraction of sp³-hybridized carbons (Fsp3) is 0.846. The Labute approximate surface area is 111 Å². The van der Waals surface area contributed by atoms with E-state index in [1.165, 1.54) is 51.4 Å². The zero-order chi connectivity index (χ0) is 12.9. The van der Waals surface area contributed by atoms with Gasteiger partial charge in [0.05, 0.1) is 0 Å². The van der Waals surface area contributed by atoms with Gasteiger partial charge in [-0.05, 0) is 32.0 Å². The summed E-state index contributed by atoms with van der Waals surface area (Å²) >= 11 is 4.68. The number of hydrogen-bond donors (Lipinski definition) is 2. The number of nitrogens with two attached hydrogens (primary N) is 1. The Bertz CT molecular complexity index is 227. The average molecular weight is 257 g/mol. The number of unbranched alkanes of at least 4 members (excludes halogenated alkanes) is 7. The molecule has 0 unspecified atom stereocenters. The molecule has 0 rings (SSSR count). The van der Waals surface area contributed by atoms with E-state index in [0.717, 1.165) is 12.1 Å². The highest BCUT2D eigenvalue weighted by Crippen LogP contribution is 2.09. The molecule has 3 N–H and O–H groups in total. The minimum atomic E-state index is 0.236. The van der Waals surface area contributed by atoms with Crippen molar-refractivity contribution in [2.45, 2.75) is 71.6 Å². The fourth-order valence-corrected chi connectivity index (χ4v) is 1.77. The van der Waals surface area contributed by atoms with E-state index in [-0.39, 0.29) is 5.11 Å². The summed E-state index contributed by atoms with van der Waals surface area (Å²) in [6.45, 7) is 4.26. The molecule has 0 bridgehead atoms. The fourth-order valence-electron chi connectivity index (χ4n) is 1.72. The molecule has 0 aromatic rings. The molecule has 0 saturated carbocycles. The molecule has 100 valence electrons. The number of hydrogen-bond acceptors (Lipinski definition) is 2. The van der Waals surface area contributed by atoms with Gasteiger partial charge in [0.25, 0.3) is 0 Å². The Morgan fingerprint density at radius 2 is 1.59 bits per heavy atom. The van der Waals surface area contributed by atoms with Crippen LogP contribution in [0.3, 0.4) is 0 Å². The van der Waals surface area contributed by atoms with Crippen LogP contribution in [0.15, 0.2) is 5.10 Å². The Morgan fingerprint density at radius 3 is 2.12 bits per heavy atom. The topological polar surface area (TPSA) is 50.4 Å². The predicted octanol–water partition coefficient (Wildman–Crippen LogP) is 3.73. The third-order valence-electron chi connectivity index (χ3n) is 2.75. The molecule has 0 aliphatic carbocycles. The van der Waals surface area contributed by atoms with Gasteiger partial charge in [-0.3, -0.25) is 5.43 Å². The van der Waals surface area contributed by atoms with Crippen LogP contribution in [0.4, 0.5) is 0 Å². The van der Waals surface area contributed by atoms with Crippen molar-refractivity contribution in [2.75, 3.05) is 0 Å². The number of nitrogens with one attached hydrogen (secondary N) is 1. The summed E-state index contributed by atoms with van der Waals surface area (Å²) in [7, 11) is 0. The smallest absolute Gasteiger partial charge is 0.184 e. The van der Waals surface area contributed by atoms with Crippen molar-refractivity contribution in [1.82, 2.24) is 5.43 Å². The van der Waals surface area contributed by atoms with Crippen molar-refractivity contribution in [1.29, 1.82) is 0 Å². The first-order chi connectivity index (χ1) is 8.16. The van der Waals surface area contributed by atoms with Gasteiger partial charge < -0.3 is 5.73 Å². The maximum absolute atomic E-state index is 5.29. The van der Waals surface area contributed by atoms with Crippen molar-refractivity contribution in [3.8, 4) is 0 Å². The molecule has 0 heterocycles. The summed E-state index contributed by atoms with van der Waals surface area (Å²) in [6.07, 6.45) is 11.8. The number of nitrogens with zero attached hydrogens (tertiary/aromatic N) is 1. The Morgan fingerprint density at radius 1 is 1.06 bits per heavy atom. The normalized spacial score (nSPS) is 11.5. The van der Waals surface area contributed by atoms with E-state index >= 15 is 0 Å². The molecule has 0 aromatic carbocycles. The second-order valence-electron chi connectivity index (χ2n) is 4.55. The Balaban J connectivity index is 3.27. The van der Waals surface area contributed by atoms with E-state index in [1.54, 1.807) is 0 Å². The zero-order valence-electron chi connectivity index (χ0n) is 11.3. The second kappa shape index (κ2) is 11.8. The highest BCUT2D eigenvalue weighted by atomic mass is 32.1. The molecule has 0 aromatic heterocycles. The summed E-state index contributed by atoms with van der Waals surface area (Å²) < 4.78 is 0. The lowest BCUT2D eigenvalue weighted by molar-refractivity contribution is 0.579. The maximum atomic E-state index is 5.29. The highest BCUT2D eigenvalue weighted by Gasteiger charge is 1.94. The lowest BCUT2D eigenvalue weighted by Gasteiger charge is -2.02. The monoisotopic (exact) mass is 257 g/mol. The van der Waals surface area contributed by atoms with Crippen LogP contribution < -0.4 is 11.2 Å². The van der Waals surface area contributed by atoms with Gasteiger partial charge >= 0.3 is 0 Å². The molecular weight excluding hydrogens is 230 g/mol. The molecule has 0 atom stereocenters. The molecule has 0 saturated heterocycles. The van der Waals surface area contributed by atoms with Crippen LogP contribution in [0.25, 0.3) is 0 Å². The molecule has 0 radical (unpaired) electrons. The molecule has 4 heteroatoms. The maximum Gasteiger partial charge on any atom is 0.184 e. The van der Waals surface area contributed by atoms with Crippen molar-refractivity contribution in [3.05, 3.63) is 0 Å². The summed E-state index contributed by atoms with van der Waals surface area (Å²) in [5.74, 6) is 0. The predicted molar refractivity (Wildman–Crippen MR) is 80.3 cm³/mol. The van der Waals surface area contributed by atoms with Gasteiger partial charge in [-0.15, -0.1) is 0 Å². The van der Waals surface area contributed by atoms with Crippen LogP contribution in [0.5, 0.6) is 0 Å². The van der Waals surface area contributed by atoms with E-state index in [0.29, 0.717) is 0 Å². The molecule has 0 aliphatic heterocycles. The Kier molecular flexibility index (Phi) is 11.4. The third-order valence-corrected chi connectivity index (χ3v) is 2.84. The van der Waals surface area contributed by atoms with Gasteiger partial charge in [-0.1, -0.05) is 51.9 Å². The van der Waals surface area contributed by atoms with Crippen LogP contribution in [0, 0.1) is 0 Å². The van der Waals surface area contributed by atoms with Gasteiger partial charge in [-0.2, -0.15) is 5.10 Å². The molecule has 3 nitrogen and oxygen atoms in total. The number of rotatable bonds is 10. The first-order valence-corrected chi connectivity index (χ1v) is 7.16. The minimum Gasteiger partial charge on any atom is -0.375 e. The quantitative estimate of drug-likeness (QED) is 0.271. The lowest BCUT2D eigenvalue weighted by Crippen LogP contribution is -2.25. The van der Waals surface area contributed by atoms with Crippen LogP contribution in [-0.2, 0) is 0 Å². The van der Waals surface area contributed by atoms with Crippen LogP contribution in [-0.4, -0.2) is 10.8 Å². The third kappa shape index (κ3) is 13.3. The Hall–Kier alpha value is -0.640. The van der Waals surface area contributed by atoms with E-state index in [2.05, 4.69) is 29.7 Å². The molecule has 0 fully saturated rings. The summed E-state index contributed by atoms with van der Waals surface area (Å²) in [6, 6.07) is 0. The molecule has 0 aliphatic rings. The van der Waals surface area contributed by atoms with Gasteiger partial charge in [0, 0.05) is 5.71 Å². The first-order valence-electron chi connectivity index (χ1n) is 6.75. The van der Waals surface area contributed by atoms with Crippen LogP contribution in [0.2, 0.25) is 0 Å². The molecule has 17 heavy (non-hydrogen) atoms. The first kappa shape index (κ1) is 16.4. The van der Waals surface area contributed by atoms with Crippen molar-refractivity contribution < 1.29 is 0 Å². The standard InChI is InChI=1S/C13H27N3S/c1-3-4-5-6-7-8-9-10-11-12(2)15-16-13(14)17/h3-11H2,1-2H3,(H3,14,16,17)/b15-12-. The molecular formula is C13H27N3S. The molecule has 0 amide bonds. The summed E-state index contributed by atoms with van der Waals surface area (Å²) in [5, 5.41) is 4.32. The highest BCUT2D eigenvalue weighted by molar-refractivity contribution is 7.80. The molecule has 0 spiro atoms. The largest absolute Gasteiger partial charge is 0.375 e. The van der Waals surface area contributed by atoms with Crippen molar-refractivity contribution in [3.63, 3.8) is 0 Å². The lowest BCUT2D eigenvalue weighted by atomic mass is 10.1. The zero-order valence-corrected chi connectivity index (χ0v) is 12.1. The van der Waals surface area contributed by atoms with Crippen LogP contribution in [0.1, 0.15) is 71.6 Å². The minimum absolute atomic E-state index is 0.236. The van der Waals surface area contributed by atoms with E-state index in [1.807, 2.05) is 6.92 Å². The second-order valence-corrected chi connectivity index (χ2v) is 4.99. The SMILES string of the molecule is CCCCCCCCCC/C(C)=N\NC(N)=S. The number of thiocarbonyl (C=S) groups is 1.